The topological polar surface area (TPSA) is 249 Å². The molecule has 1 aromatic heterocycles. The molecule has 4 aliphatic rings. The lowest BCUT2D eigenvalue weighted by molar-refractivity contribution is -0.148. The second kappa shape index (κ2) is 19.3. The number of benzene rings is 3. The fourth-order valence-electron chi connectivity index (χ4n) is 9.73. The van der Waals surface area contributed by atoms with E-state index in [1.165, 1.54) is 9.80 Å². The van der Waals surface area contributed by atoms with Gasteiger partial charge in [0.2, 0.25) is 41.4 Å². The molecule has 0 bridgehead atoms. The number of nitriles is 1. The zero-order valence-electron chi connectivity index (χ0n) is 35.9. The summed E-state index contributed by atoms with van der Waals surface area (Å²) in [4.78, 5) is 107. The summed E-state index contributed by atoms with van der Waals surface area (Å²) >= 11 is 0. The van der Waals surface area contributed by atoms with Crippen molar-refractivity contribution in [1.29, 1.82) is 5.26 Å². The number of primary amides is 1. The Kier molecular flexibility index (Phi) is 13.2. The SMILES string of the molecule is N#Cc1ccc(C[C@@H]2NC(=O)[C@H]3C[C@H](Oc4ccccc4)CN3C(=O)[C@H]3CCCN3C(=O)[C@H](CCC(N)=O)NC(=O)[C@H](Cc3c[nH]c4ccccc34)NC(=O)C3(CCCC3)NC2=O)cc1. The first-order valence-corrected chi connectivity index (χ1v) is 22.3. The van der Waals surface area contributed by atoms with Crippen LogP contribution >= 0.6 is 0 Å². The van der Waals surface area contributed by atoms with Crippen LogP contribution in [0.1, 0.15) is 74.5 Å². The number of carbonyl (C=O) groups excluding carboxylic acids is 7. The first-order chi connectivity index (χ1) is 31.4. The number of amides is 7. The van der Waals surface area contributed by atoms with Crippen molar-refractivity contribution < 1.29 is 38.3 Å². The number of rotatable bonds is 9. The van der Waals surface area contributed by atoms with E-state index < -0.39 is 83.2 Å². The van der Waals surface area contributed by atoms with Crippen molar-refractivity contribution in [1.82, 2.24) is 36.1 Å². The molecule has 1 spiro atoms. The highest BCUT2D eigenvalue weighted by atomic mass is 16.5. The lowest BCUT2D eigenvalue weighted by atomic mass is 9.93. The van der Waals surface area contributed by atoms with E-state index in [1.807, 2.05) is 30.3 Å². The number of H-pyrrole nitrogens is 1. The molecule has 7 amide bonds. The predicted molar refractivity (Wildman–Crippen MR) is 236 cm³/mol. The van der Waals surface area contributed by atoms with Gasteiger partial charge in [0.25, 0.3) is 0 Å². The van der Waals surface area contributed by atoms with E-state index in [9.17, 15) is 38.8 Å². The Bertz CT molecular complexity index is 2500. The second-order valence-electron chi connectivity index (χ2n) is 17.5. The van der Waals surface area contributed by atoms with Crippen molar-refractivity contribution in [3.63, 3.8) is 0 Å². The first-order valence-electron chi connectivity index (χ1n) is 22.3. The van der Waals surface area contributed by atoms with E-state index in [2.05, 4.69) is 32.3 Å². The largest absolute Gasteiger partial charge is 0.488 e. The maximum atomic E-state index is 14.8. The van der Waals surface area contributed by atoms with Gasteiger partial charge in [0.1, 0.15) is 47.6 Å². The van der Waals surface area contributed by atoms with Crippen LogP contribution in [0.3, 0.4) is 0 Å². The number of nitrogens with two attached hydrogens (primary N) is 1. The summed E-state index contributed by atoms with van der Waals surface area (Å²) in [5.41, 5.74) is 6.63. The molecule has 1 aliphatic carbocycles. The zero-order chi connectivity index (χ0) is 45.7. The monoisotopic (exact) mass is 883 g/mol. The number of nitrogens with one attached hydrogen (secondary N) is 5. The standard InChI is InChI=1S/C48H53N9O8/c49-26-30-16-14-29(15-17-30)23-37-43(60)55-48(20-6-7-21-48)47(64)54-38(24-31-27-51-35-12-5-4-11-34(31)35)42(59)52-36(18-19-41(50)58)45(62)56-22-8-13-39(56)46(63)57-28-33(25-40(57)44(61)53-37)65-32-9-2-1-3-10-32/h1-5,9-12,14-17,27,33,36-40,51H,6-8,13,18-25,28H2,(H2,50,58)(H,52,59)(H,53,61)(H,54,64)(H,55,60)/t33-,36-,37-,38-,39+,40+/m0/s1. The summed E-state index contributed by atoms with van der Waals surface area (Å²) in [5.74, 6) is -3.86. The van der Waals surface area contributed by atoms with Gasteiger partial charge < -0.3 is 46.5 Å². The number of hydrogen-bond acceptors (Lipinski definition) is 9. The van der Waals surface area contributed by atoms with Crippen LogP contribution in [-0.4, -0.2) is 111 Å². The minimum Gasteiger partial charge on any atom is -0.488 e. The number of carbonyl (C=O) groups is 7. The quantitative estimate of drug-likeness (QED) is 0.144. The number of nitrogens with zero attached hydrogens (tertiary/aromatic N) is 3. The normalized spacial score (nSPS) is 25.2. The third-order valence-electron chi connectivity index (χ3n) is 13.1. The van der Waals surface area contributed by atoms with Crippen LogP contribution in [0.4, 0.5) is 0 Å². The summed E-state index contributed by atoms with van der Waals surface area (Å²) in [5, 5.41) is 21.9. The van der Waals surface area contributed by atoms with E-state index in [0.717, 1.165) is 10.9 Å². The number of aromatic nitrogens is 1. The highest BCUT2D eigenvalue weighted by Crippen LogP contribution is 2.32. The fourth-order valence-corrected chi connectivity index (χ4v) is 9.73. The molecule has 4 fully saturated rings. The molecule has 338 valence electrons. The highest BCUT2D eigenvalue weighted by molar-refractivity contribution is 6.00. The molecule has 7 N–H and O–H groups in total. The van der Waals surface area contributed by atoms with Crippen molar-refractivity contribution in [2.45, 2.75) is 112 Å². The molecule has 0 unspecified atom stereocenters. The van der Waals surface area contributed by atoms with E-state index in [0.29, 0.717) is 41.7 Å². The van der Waals surface area contributed by atoms with Crippen LogP contribution in [0.25, 0.3) is 10.9 Å². The van der Waals surface area contributed by atoms with Gasteiger partial charge in [-0.05, 0) is 73.6 Å². The van der Waals surface area contributed by atoms with Gasteiger partial charge in [-0.2, -0.15) is 5.26 Å². The van der Waals surface area contributed by atoms with E-state index in [1.54, 1.807) is 54.7 Å². The Morgan fingerprint density at radius 3 is 2.22 bits per heavy atom. The molecule has 0 radical (unpaired) electrons. The van der Waals surface area contributed by atoms with Gasteiger partial charge in [-0.15, -0.1) is 0 Å². The minimum absolute atomic E-state index is 0.00251. The molecule has 1 saturated carbocycles. The lowest BCUT2D eigenvalue weighted by Crippen LogP contribution is -2.65. The van der Waals surface area contributed by atoms with Gasteiger partial charge >= 0.3 is 0 Å². The van der Waals surface area contributed by atoms with E-state index in [4.69, 9.17) is 10.5 Å². The maximum absolute atomic E-state index is 14.8. The summed E-state index contributed by atoms with van der Waals surface area (Å²) in [6, 6.07) is 19.2. The molecular formula is C48H53N9O8. The van der Waals surface area contributed by atoms with Crippen molar-refractivity contribution in [2.75, 3.05) is 13.1 Å². The predicted octanol–water partition coefficient (Wildman–Crippen LogP) is 2.03. The molecule has 4 heterocycles. The molecular weight excluding hydrogens is 831 g/mol. The maximum Gasteiger partial charge on any atom is 0.246 e. The Hall–Kier alpha value is -7.22. The van der Waals surface area contributed by atoms with Crippen LogP contribution in [0, 0.1) is 11.3 Å². The Morgan fingerprint density at radius 2 is 1.48 bits per heavy atom. The number of para-hydroxylation sites is 2. The fraction of sp³-hybridized carbons (Fsp3) is 0.417. The average Bonchev–Trinajstić information content (AvgIpc) is 4.15. The number of fused-ring (bicyclic) bond motifs is 3. The molecule has 4 aromatic rings. The van der Waals surface area contributed by atoms with Crippen LogP contribution < -0.4 is 31.7 Å². The van der Waals surface area contributed by atoms with Crippen molar-refractivity contribution in [2.24, 2.45) is 5.73 Å². The first kappa shape index (κ1) is 44.4. The Balaban J connectivity index is 1.19. The van der Waals surface area contributed by atoms with Crippen LogP contribution in [0.5, 0.6) is 5.75 Å². The summed E-state index contributed by atoms with van der Waals surface area (Å²) in [6.45, 7) is 0.162. The van der Waals surface area contributed by atoms with Crippen LogP contribution in [-0.2, 0) is 46.4 Å². The number of hydrogen-bond donors (Lipinski definition) is 6. The average molecular weight is 884 g/mol. The van der Waals surface area contributed by atoms with Crippen molar-refractivity contribution in [3.05, 3.63) is 102 Å². The highest BCUT2D eigenvalue weighted by Gasteiger charge is 2.49. The van der Waals surface area contributed by atoms with Crippen molar-refractivity contribution in [3.8, 4) is 11.8 Å². The summed E-state index contributed by atoms with van der Waals surface area (Å²) in [7, 11) is 0. The molecule has 17 nitrogen and oxygen atoms in total. The van der Waals surface area contributed by atoms with Crippen molar-refractivity contribution >= 4 is 52.3 Å². The number of ether oxygens (including phenoxy) is 1. The second-order valence-corrected chi connectivity index (χ2v) is 17.5. The smallest absolute Gasteiger partial charge is 0.246 e. The Morgan fingerprint density at radius 1 is 0.769 bits per heavy atom. The number of aromatic amines is 1. The van der Waals surface area contributed by atoms with Gasteiger partial charge in [-0.25, -0.2) is 0 Å². The summed E-state index contributed by atoms with van der Waals surface area (Å²) < 4.78 is 6.29. The van der Waals surface area contributed by atoms with Gasteiger partial charge in [-0.1, -0.05) is 61.4 Å². The van der Waals surface area contributed by atoms with Gasteiger partial charge in [0.15, 0.2) is 0 Å². The third kappa shape index (κ3) is 9.81. The van der Waals surface area contributed by atoms with Gasteiger partial charge in [-0.3, -0.25) is 33.6 Å². The molecule has 6 atom stereocenters. The molecule has 65 heavy (non-hydrogen) atoms. The molecule has 3 saturated heterocycles. The van der Waals surface area contributed by atoms with Crippen LogP contribution in [0.15, 0.2) is 85.1 Å². The molecule has 3 aromatic carbocycles. The molecule has 17 heteroatoms. The summed E-state index contributed by atoms with van der Waals surface area (Å²) in [6.07, 6.45) is 3.09. The third-order valence-corrected chi connectivity index (χ3v) is 13.1. The molecule has 3 aliphatic heterocycles. The van der Waals surface area contributed by atoms with Gasteiger partial charge in [0.05, 0.1) is 18.2 Å². The van der Waals surface area contributed by atoms with E-state index >= 15 is 0 Å². The van der Waals surface area contributed by atoms with Gasteiger partial charge in [0, 0.05) is 49.3 Å². The molecule has 8 rings (SSSR count). The van der Waals surface area contributed by atoms with Crippen LogP contribution in [0.2, 0.25) is 0 Å². The van der Waals surface area contributed by atoms with E-state index in [-0.39, 0.29) is 64.5 Å². The Labute approximate surface area is 375 Å². The minimum atomic E-state index is -1.48. The zero-order valence-corrected chi connectivity index (χ0v) is 35.9. The lowest BCUT2D eigenvalue weighted by Gasteiger charge is -2.35.